The molecule has 0 aromatic heterocycles. The highest BCUT2D eigenvalue weighted by atomic mass is 32.2. The van der Waals surface area contributed by atoms with Crippen LogP contribution in [0.5, 0.6) is 5.75 Å². The first kappa shape index (κ1) is 22.0. The van der Waals surface area contributed by atoms with Crippen LogP contribution in [0.25, 0.3) is 0 Å². The lowest BCUT2D eigenvalue weighted by molar-refractivity contribution is -0.118. The van der Waals surface area contributed by atoms with Gasteiger partial charge in [-0.1, -0.05) is 6.07 Å². The highest BCUT2D eigenvalue weighted by molar-refractivity contribution is 7.89. The van der Waals surface area contributed by atoms with Crippen molar-refractivity contribution in [3.63, 3.8) is 0 Å². The summed E-state index contributed by atoms with van der Waals surface area (Å²) in [6.45, 7) is 0.466. The SMILES string of the molecule is O=C1CN(COCCCS(=O)(=O)NC2(c3ccc(F)c(OCC4CC4)c3)CC2)C(=O)N1. The zero-order valence-corrected chi connectivity index (χ0v) is 17.9. The number of urea groups is 1. The number of hydrogen-bond donors (Lipinski definition) is 2. The van der Waals surface area contributed by atoms with Crippen LogP contribution in [-0.4, -0.2) is 57.5 Å². The van der Waals surface area contributed by atoms with Crippen LogP contribution < -0.4 is 14.8 Å². The van der Waals surface area contributed by atoms with Crippen molar-refractivity contribution in [2.24, 2.45) is 5.92 Å². The van der Waals surface area contributed by atoms with Crippen LogP contribution in [0, 0.1) is 11.7 Å². The van der Waals surface area contributed by atoms with Crippen LogP contribution in [0.4, 0.5) is 9.18 Å². The Morgan fingerprint density at radius 1 is 1.26 bits per heavy atom. The third-order valence-electron chi connectivity index (χ3n) is 5.57. The predicted molar refractivity (Wildman–Crippen MR) is 108 cm³/mol. The Morgan fingerprint density at radius 3 is 2.68 bits per heavy atom. The highest BCUT2D eigenvalue weighted by Gasteiger charge is 2.47. The normalized spacial score (nSPS) is 20.1. The minimum Gasteiger partial charge on any atom is -0.490 e. The van der Waals surface area contributed by atoms with Crippen LogP contribution in [0.15, 0.2) is 18.2 Å². The molecule has 3 aliphatic rings. The molecule has 0 radical (unpaired) electrons. The molecule has 170 valence electrons. The lowest BCUT2D eigenvalue weighted by atomic mass is 10.1. The molecule has 1 saturated heterocycles. The number of benzene rings is 1. The van der Waals surface area contributed by atoms with Crippen LogP contribution >= 0.6 is 0 Å². The first-order valence-corrected chi connectivity index (χ1v) is 12.0. The second-order valence-corrected chi connectivity index (χ2v) is 10.2. The summed E-state index contributed by atoms with van der Waals surface area (Å²) in [4.78, 5) is 23.7. The summed E-state index contributed by atoms with van der Waals surface area (Å²) < 4.78 is 52.8. The Labute approximate surface area is 180 Å². The van der Waals surface area contributed by atoms with Gasteiger partial charge in [-0.05, 0) is 55.7 Å². The molecule has 1 aromatic carbocycles. The van der Waals surface area contributed by atoms with E-state index in [4.69, 9.17) is 9.47 Å². The van der Waals surface area contributed by atoms with E-state index < -0.39 is 33.3 Å². The molecule has 1 aliphatic heterocycles. The minimum absolute atomic E-state index is 0.0642. The number of nitrogens with zero attached hydrogens (tertiary/aromatic N) is 1. The van der Waals surface area contributed by atoms with Crippen molar-refractivity contribution in [2.45, 2.75) is 37.6 Å². The van der Waals surface area contributed by atoms with E-state index in [0.29, 0.717) is 30.9 Å². The van der Waals surface area contributed by atoms with Gasteiger partial charge in [-0.2, -0.15) is 0 Å². The largest absolute Gasteiger partial charge is 0.490 e. The van der Waals surface area contributed by atoms with Crippen molar-refractivity contribution in [1.82, 2.24) is 14.9 Å². The summed E-state index contributed by atoms with van der Waals surface area (Å²) in [5.74, 6) is -0.344. The number of carbonyl (C=O) groups is 2. The summed E-state index contributed by atoms with van der Waals surface area (Å²) in [6, 6.07) is 3.99. The number of ether oxygens (including phenoxy) is 2. The van der Waals surface area contributed by atoms with Gasteiger partial charge in [0.15, 0.2) is 11.6 Å². The Morgan fingerprint density at radius 2 is 2.03 bits per heavy atom. The van der Waals surface area contributed by atoms with Gasteiger partial charge in [-0.15, -0.1) is 0 Å². The van der Waals surface area contributed by atoms with Gasteiger partial charge in [-0.25, -0.2) is 22.3 Å². The third kappa shape index (κ3) is 5.72. The first-order valence-electron chi connectivity index (χ1n) is 10.4. The van der Waals surface area contributed by atoms with E-state index >= 15 is 0 Å². The van der Waals surface area contributed by atoms with Gasteiger partial charge >= 0.3 is 6.03 Å². The summed E-state index contributed by atoms with van der Waals surface area (Å²) in [5, 5.41) is 2.13. The molecule has 0 unspecified atom stereocenters. The number of sulfonamides is 1. The molecule has 2 N–H and O–H groups in total. The molecule has 4 rings (SSSR count). The van der Waals surface area contributed by atoms with Crippen molar-refractivity contribution in [3.8, 4) is 5.75 Å². The van der Waals surface area contributed by atoms with Crippen molar-refractivity contribution in [2.75, 3.05) is 32.2 Å². The number of nitrogens with one attached hydrogen (secondary N) is 2. The lowest BCUT2D eigenvalue weighted by Crippen LogP contribution is -2.37. The van der Waals surface area contributed by atoms with E-state index in [2.05, 4.69) is 10.0 Å². The molecule has 9 nitrogen and oxygen atoms in total. The molecule has 2 aliphatic carbocycles. The van der Waals surface area contributed by atoms with Crippen molar-refractivity contribution >= 4 is 22.0 Å². The van der Waals surface area contributed by atoms with Crippen LogP contribution in [0.3, 0.4) is 0 Å². The molecule has 0 spiro atoms. The van der Waals surface area contributed by atoms with E-state index in [1.54, 1.807) is 12.1 Å². The Kier molecular flexibility index (Phi) is 6.18. The summed E-state index contributed by atoms with van der Waals surface area (Å²) >= 11 is 0. The van der Waals surface area contributed by atoms with Crippen molar-refractivity contribution in [3.05, 3.63) is 29.6 Å². The molecule has 2 saturated carbocycles. The summed E-state index contributed by atoms with van der Waals surface area (Å²) in [5.41, 5.74) is -0.0248. The zero-order valence-electron chi connectivity index (χ0n) is 17.1. The average Bonchev–Trinajstić information content (AvgIpc) is 3.62. The van der Waals surface area contributed by atoms with E-state index in [1.807, 2.05) is 0 Å². The molecule has 31 heavy (non-hydrogen) atoms. The molecule has 0 atom stereocenters. The van der Waals surface area contributed by atoms with Crippen LogP contribution in [0.1, 0.15) is 37.7 Å². The summed E-state index contributed by atoms with van der Waals surface area (Å²) in [7, 11) is -3.59. The molecule has 0 bridgehead atoms. The van der Waals surface area contributed by atoms with Gasteiger partial charge in [0.1, 0.15) is 13.3 Å². The monoisotopic (exact) mass is 455 g/mol. The summed E-state index contributed by atoms with van der Waals surface area (Å²) in [6.07, 6.45) is 3.69. The van der Waals surface area contributed by atoms with Gasteiger partial charge in [0.2, 0.25) is 15.9 Å². The van der Waals surface area contributed by atoms with Gasteiger partial charge in [0, 0.05) is 6.61 Å². The molecule has 3 fully saturated rings. The highest BCUT2D eigenvalue weighted by Crippen LogP contribution is 2.47. The Balaban J connectivity index is 1.26. The Bertz CT molecular complexity index is 962. The second-order valence-electron chi connectivity index (χ2n) is 8.34. The molecule has 1 heterocycles. The number of amides is 3. The van der Waals surface area contributed by atoms with Crippen LogP contribution in [0.2, 0.25) is 0 Å². The van der Waals surface area contributed by atoms with Crippen molar-refractivity contribution < 1.29 is 31.9 Å². The predicted octanol–water partition coefficient (Wildman–Crippen LogP) is 1.44. The third-order valence-corrected chi connectivity index (χ3v) is 7.10. The lowest BCUT2D eigenvalue weighted by Gasteiger charge is -2.19. The molecular weight excluding hydrogens is 429 g/mol. The fraction of sp³-hybridized carbons (Fsp3) is 0.600. The van der Waals surface area contributed by atoms with E-state index in [-0.39, 0.29) is 37.8 Å². The molecular formula is C20H26FN3O6S. The number of carbonyl (C=O) groups excluding carboxylic acids is 2. The maximum absolute atomic E-state index is 14.1. The standard InChI is InChI=1S/C20H26FN3O6S/c21-16-5-4-15(10-17(16)30-12-14-2-3-14)20(6-7-20)23-31(27,28)9-1-8-29-13-24-11-18(25)22-19(24)26/h4-5,10,14,23H,1-3,6-9,11-13H2,(H,22,25,26). The molecule has 11 heteroatoms. The van der Waals surface area contributed by atoms with Gasteiger partial charge < -0.3 is 9.47 Å². The van der Waals surface area contributed by atoms with Gasteiger partial charge in [0.05, 0.1) is 17.9 Å². The van der Waals surface area contributed by atoms with Gasteiger partial charge in [0.25, 0.3) is 0 Å². The molecule has 3 amide bonds. The maximum Gasteiger partial charge on any atom is 0.326 e. The number of halogens is 1. The maximum atomic E-state index is 14.1. The zero-order chi connectivity index (χ0) is 22.1. The minimum atomic E-state index is -3.59. The topological polar surface area (TPSA) is 114 Å². The quantitative estimate of drug-likeness (QED) is 0.364. The smallest absolute Gasteiger partial charge is 0.326 e. The first-order chi connectivity index (χ1) is 14.8. The fourth-order valence-electron chi connectivity index (χ4n) is 3.44. The Hall–Kier alpha value is -2.24. The van der Waals surface area contributed by atoms with E-state index in [1.165, 1.54) is 11.0 Å². The average molecular weight is 456 g/mol. The second kappa shape index (κ2) is 8.71. The van der Waals surface area contributed by atoms with Gasteiger partial charge in [-0.3, -0.25) is 15.0 Å². The fourth-order valence-corrected chi connectivity index (χ4v) is 4.96. The van der Waals surface area contributed by atoms with E-state index in [0.717, 1.165) is 12.8 Å². The number of imide groups is 1. The molecule has 1 aromatic rings. The van der Waals surface area contributed by atoms with Crippen LogP contribution in [-0.2, 0) is 25.1 Å². The number of hydrogen-bond acceptors (Lipinski definition) is 6. The van der Waals surface area contributed by atoms with Crippen molar-refractivity contribution in [1.29, 1.82) is 0 Å². The van der Waals surface area contributed by atoms with E-state index in [9.17, 15) is 22.4 Å². The number of rotatable bonds is 12.